The van der Waals surface area contributed by atoms with Gasteiger partial charge in [-0.2, -0.15) is 0 Å². The number of aryl methyl sites for hydroxylation is 1. The van der Waals surface area contributed by atoms with Gasteiger partial charge in [0.1, 0.15) is 0 Å². The van der Waals surface area contributed by atoms with Crippen LogP contribution in [0.5, 0.6) is 0 Å². The maximum absolute atomic E-state index is 12.3. The molecule has 0 amide bonds. The highest BCUT2D eigenvalue weighted by molar-refractivity contribution is 5.90. The normalized spacial score (nSPS) is 35.2. The molecule has 1 saturated carbocycles. The molecule has 1 heterocycles. The van der Waals surface area contributed by atoms with Crippen molar-refractivity contribution in [1.29, 1.82) is 0 Å². The first-order chi connectivity index (χ1) is 11.4. The van der Waals surface area contributed by atoms with Gasteiger partial charge in [-0.1, -0.05) is 39.0 Å². The molecule has 0 aliphatic heterocycles. The predicted molar refractivity (Wildman–Crippen MR) is 94.4 cm³/mol. The Morgan fingerprint density at radius 2 is 2.21 bits per heavy atom. The largest absolute Gasteiger partial charge is 0.472 e. The Morgan fingerprint density at radius 3 is 2.88 bits per heavy atom. The van der Waals surface area contributed by atoms with E-state index in [1.54, 1.807) is 6.26 Å². The van der Waals surface area contributed by atoms with Gasteiger partial charge >= 0.3 is 5.97 Å². The number of ether oxygens (including phenoxy) is 1. The zero-order valence-electron chi connectivity index (χ0n) is 15.2. The van der Waals surface area contributed by atoms with E-state index in [0.717, 1.165) is 31.3 Å². The molecular formula is C21H28O3. The molecule has 4 atom stereocenters. The summed E-state index contributed by atoms with van der Waals surface area (Å²) in [6.07, 6.45) is 14.2. The summed E-state index contributed by atoms with van der Waals surface area (Å²) in [6, 6.07) is 2.05. The molecule has 3 rings (SSSR count). The van der Waals surface area contributed by atoms with Gasteiger partial charge < -0.3 is 9.15 Å². The van der Waals surface area contributed by atoms with Crippen LogP contribution >= 0.6 is 0 Å². The van der Waals surface area contributed by atoms with Gasteiger partial charge in [0, 0.05) is 11.0 Å². The van der Waals surface area contributed by atoms with Crippen LogP contribution in [-0.4, -0.2) is 13.1 Å². The van der Waals surface area contributed by atoms with E-state index in [1.165, 1.54) is 12.7 Å². The fourth-order valence-corrected chi connectivity index (χ4v) is 4.89. The maximum Gasteiger partial charge on any atom is 0.334 e. The number of hydrogen-bond donors (Lipinski definition) is 0. The average molecular weight is 328 g/mol. The lowest BCUT2D eigenvalue weighted by molar-refractivity contribution is -0.139. The Kier molecular flexibility index (Phi) is 4.46. The van der Waals surface area contributed by atoms with Crippen molar-refractivity contribution in [2.45, 2.75) is 46.5 Å². The van der Waals surface area contributed by atoms with Crippen LogP contribution in [0, 0.1) is 22.7 Å². The van der Waals surface area contributed by atoms with E-state index in [1.807, 2.05) is 24.5 Å². The van der Waals surface area contributed by atoms with E-state index in [2.05, 4.69) is 26.8 Å². The summed E-state index contributed by atoms with van der Waals surface area (Å²) in [5.41, 5.74) is 2.09. The Balaban J connectivity index is 1.91. The van der Waals surface area contributed by atoms with Crippen LogP contribution in [0.25, 0.3) is 0 Å². The van der Waals surface area contributed by atoms with Crippen LogP contribution in [0.3, 0.4) is 0 Å². The smallest absolute Gasteiger partial charge is 0.334 e. The molecule has 0 N–H and O–H groups in total. The zero-order valence-corrected chi connectivity index (χ0v) is 15.2. The number of carbonyl (C=O) groups excluding carboxylic acids is 1. The van der Waals surface area contributed by atoms with Gasteiger partial charge in [0.2, 0.25) is 0 Å². The fraction of sp³-hybridized carbons (Fsp3) is 0.571. The van der Waals surface area contributed by atoms with Crippen LogP contribution in [0.1, 0.15) is 45.6 Å². The Morgan fingerprint density at radius 1 is 1.42 bits per heavy atom. The third-order valence-corrected chi connectivity index (χ3v) is 6.74. The summed E-state index contributed by atoms with van der Waals surface area (Å²) in [5, 5.41) is 0. The lowest BCUT2D eigenvalue weighted by Crippen LogP contribution is -2.50. The topological polar surface area (TPSA) is 39.4 Å². The molecule has 2 aliphatic rings. The van der Waals surface area contributed by atoms with Gasteiger partial charge in [0.25, 0.3) is 0 Å². The third kappa shape index (κ3) is 2.64. The first-order valence-electron chi connectivity index (χ1n) is 8.90. The lowest BCUT2D eigenvalue weighted by Gasteiger charge is -2.56. The van der Waals surface area contributed by atoms with Crippen molar-refractivity contribution in [3.05, 3.63) is 48.0 Å². The highest BCUT2D eigenvalue weighted by Gasteiger charge is 2.54. The molecule has 0 bridgehead atoms. The van der Waals surface area contributed by atoms with E-state index in [0.29, 0.717) is 11.8 Å². The average Bonchev–Trinajstić information content (AvgIpc) is 3.09. The van der Waals surface area contributed by atoms with Gasteiger partial charge in [0.05, 0.1) is 19.6 Å². The second kappa shape index (κ2) is 6.27. The second-order valence-electron chi connectivity index (χ2n) is 7.93. The van der Waals surface area contributed by atoms with E-state index in [9.17, 15) is 4.79 Å². The van der Waals surface area contributed by atoms with Crippen molar-refractivity contribution in [2.24, 2.45) is 22.7 Å². The summed E-state index contributed by atoms with van der Waals surface area (Å²) < 4.78 is 10.3. The van der Waals surface area contributed by atoms with Gasteiger partial charge in [0.15, 0.2) is 0 Å². The number of carbonyl (C=O) groups is 1. The van der Waals surface area contributed by atoms with Crippen LogP contribution in [-0.2, 0) is 16.0 Å². The molecule has 1 aromatic rings. The minimum atomic E-state index is -0.182. The molecule has 130 valence electrons. The molecule has 0 aromatic carbocycles. The van der Waals surface area contributed by atoms with Gasteiger partial charge in [-0.3, -0.25) is 0 Å². The van der Waals surface area contributed by atoms with Gasteiger partial charge in [-0.15, -0.1) is 0 Å². The summed E-state index contributed by atoms with van der Waals surface area (Å²) in [5.74, 6) is 0.780. The molecule has 0 saturated heterocycles. The molecule has 1 aromatic heterocycles. The standard InChI is InChI=1S/C21H28O3/c1-15-8-11-21(3)17(19(22)23-4)6-5-7-18(21)20(15,2)12-9-16-10-13-24-14-16/h5-7,10,13-15,18H,8-9,11-12H2,1-4H3/t15-,18+,20+,21+/m1/s1. The Bertz CT molecular complexity index is 655. The number of esters is 1. The van der Waals surface area contributed by atoms with Crippen LogP contribution in [0.2, 0.25) is 0 Å². The zero-order chi connectivity index (χ0) is 17.4. The highest BCUT2D eigenvalue weighted by Crippen LogP contribution is 2.60. The van der Waals surface area contributed by atoms with Gasteiger partial charge in [-0.05, 0) is 54.6 Å². The number of hydrogen-bond acceptors (Lipinski definition) is 3. The molecular weight excluding hydrogens is 300 g/mol. The predicted octanol–water partition coefficient (Wildman–Crippen LogP) is 4.94. The molecule has 0 radical (unpaired) electrons. The highest BCUT2D eigenvalue weighted by atomic mass is 16.5. The first kappa shape index (κ1) is 17.1. The number of furan rings is 1. The van der Waals surface area contributed by atoms with Crippen LogP contribution in [0.4, 0.5) is 0 Å². The van der Waals surface area contributed by atoms with E-state index >= 15 is 0 Å². The molecule has 0 unspecified atom stereocenters. The van der Waals surface area contributed by atoms with Crippen LogP contribution < -0.4 is 0 Å². The SMILES string of the molecule is COC(=O)C1=CC=C[C@H]2[C@@](C)(CCc3ccoc3)[C@H](C)CC[C@@]12C. The van der Waals surface area contributed by atoms with E-state index in [4.69, 9.17) is 9.15 Å². The quantitative estimate of drug-likeness (QED) is 0.735. The summed E-state index contributed by atoms with van der Waals surface area (Å²) >= 11 is 0. The second-order valence-corrected chi connectivity index (χ2v) is 7.93. The number of methoxy groups -OCH3 is 1. The third-order valence-electron chi connectivity index (χ3n) is 6.74. The molecule has 3 nitrogen and oxygen atoms in total. The van der Waals surface area contributed by atoms with Crippen molar-refractivity contribution in [2.75, 3.05) is 7.11 Å². The number of fused-ring (bicyclic) bond motifs is 1. The number of allylic oxidation sites excluding steroid dienone is 3. The first-order valence-corrected chi connectivity index (χ1v) is 8.90. The molecule has 24 heavy (non-hydrogen) atoms. The van der Waals surface area contributed by atoms with Crippen molar-refractivity contribution >= 4 is 5.97 Å². The minimum absolute atomic E-state index is 0.139. The Labute approximate surface area is 144 Å². The van der Waals surface area contributed by atoms with Crippen molar-refractivity contribution in [3.63, 3.8) is 0 Å². The summed E-state index contributed by atoms with van der Waals surface area (Å²) in [6.45, 7) is 7.00. The Hall–Kier alpha value is -1.77. The van der Waals surface area contributed by atoms with Crippen molar-refractivity contribution in [1.82, 2.24) is 0 Å². The molecule has 0 spiro atoms. The fourth-order valence-electron chi connectivity index (χ4n) is 4.89. The van der Waals surface area contributed by atoms with Crippen molar-refractivity contribution < 1.29 is 13.9 Å². The van der Waals surface area contributed by atoms with Gasteiger partial charge in [-0.25, -0.2) is 4.79 Å². The van der Waals surface area contributed by atoms with E-state index in [-0.39, 0.29) is 16.8 Å². The molecule has 1 fully saturated rings. The maximum atomic E-state index is 12.3. The summed E-state index contributed by atoms with van der Waals surface area (Å²) in [4.78, 5) is 12.3. The van der Waals surface area contributed by atoms with Crippen LogP contribution in [0.15, 0.2) is 46.8 Å². The summed E-state index contributed by atoms with van der Waals surface area (Å²) in [7, 11) is 1.48. The van der Waals surface area contributed by atoms with Crippen molar-refractivity contribution in [3.8, 4) is 0 Å². The minimum Gasteiger partial charge on any atom is -0.472 e. The van der Waals surface area contributed by atoms with E-state index < -0.39 is 0 Å². The number of rotatable bonds is 4. The monoisotopic (exact) mass is 328 g/mol. The molecule has 2 aliphatic carbocycles. The molecule has 3 heteroatoms. The lowest BCUT2D eigenvalue weighted by atomic mass is 9.48.